The quantitative estimate of drug-likeness (QED) is 0.595. The third kappa shape index (κ3) is 1.12. The van der Waals surface area contributed by atoms with E-state index in [1.165, 1.54) is 6.92 Å². The molecule has 0 amide bonds. The van der Waals surface area contributed by atoms with E-state index >= 15 is 0 Å². The van der Waals surface area contributed by atoms with Gasteiger partial charge < -0.3 is 0 Å². The third-order valence-corrected chi connectivity index (χ3v) is 1.03. The standard InChI is InChI=1S/C5H4F3N2/c1-3-2-9-10-4(3)5(6,7)8/h1H3,(H,9,10). The normalized spacial score (nSPS) is 12.0. The first-order chi connectivity index (χ1) is 4.52. The minimum absolute atomic E-state index is 0.00694. The highest BCUT2D eigenvalue weighted by molar-refractivity contribution is 5.15. The third-order valence-electron chi connectivity index (χ3n) is 1.03. The average Bonchev–Trinajstić information content (AvgIpc) is 2.11. The van der Waals surface area contributed by atoms with Crippen molar-refractivity contribution in [1.29, 1.82) is 0 Å². The van der Waals surface area contributed by atoms with Crippen molar-refractivity contribution in [1.82, 2.24) is 10.2 Å². The molecule has 1 rings (SSSR count). The molecular formula is C5H4F3N2. The summed E-state index contributed by atoms with van der Waals surface area (Å²) in [6.07, 6.45) is -2.14. The van der Waals surface area contributed by atoms with E-state index in [1.807, 2.05) is 5.10 Å². The smallest absolute Gasteiger partial charge is 0.275 e. The Labute approximate surface area is 55.1 Å². The summed E-state index contributed by atoms with van der Waals surface area (Å²) in [5, 5.41) is 4.99. The molecule has 1 radical (unpaired) electrons. The van der Waals surface area contributed by atoms with Crippen molar-refractivity contribution in [2.45, 2.75) is 13.1 Å². The lowest BCUT2D eigenvalue weighted by atomic mass is 10.3. The molecule has 0 aliphatic heterocycles. The van der Waals surface area contributed by atoms with Crippen molar-refractivity contribution >= 4 is 0 Å². The summed E-state index contributed by atoms with van der Waals surface area (Å²) in [5.74, 6) is 0. The van der Waals surface area contributed by atoms with Crippen LogP contribution in [0, 0.1) is 13.1 Å². The van der Waals surface area contributed by atoms with Crippen LogP contribution >= 0.6 is 0 Å². The molecule has 0 spiro atoms. The van der Waals surface area contributed by atoms with Gasteiger partial charge in [-0.15, -0.1) is 0 Å². The fraction of sp³-hybridized carbons (Fsp3) is 0.400. The largest absolute Gasteiger partial charge is 0.435 e. The van der Waals surface area contributed by atoms with E-state index in [0.29, 0.717) is 0 Å². The summed E-state index contributed by atoms with van der Waals surface area (Å²) in [6, 6.07) is 0. The van der Waals surface area contributed by atoms with Crippen molar-refractivity contribution in [3.05, 3.63) is 17.5 Å². The van der Waals surface area contributed by atoms with Crippen LogP contribution in [0.2, 0.25) is 0 Å². The first kappa shape index (κ1) is 7.11. The van der Waals surface area contributed by atoms with Crippen LogP contribution in [0.5, 0.6) is 0 Å². The highest BCUT2D eigenvalue weighted by atomic mass is 19.4. The van der Waals surface area contributed by atoms with E-state index in [9.17, 15) is 13.2 Å². The lowest BCUT2D eigenvalue weighted by Crippen LogP contribution is -2.07. The Morgan fingerprint density at radius 1 is 1.50 bits per heavy atom. The molecule has 0 saturated carbocycles. The van der Waals surface area contributed by atoms with Gasteiger partial charge in [0.05, 0.1) is 6.20 Å². The maximum absolute atomic E-state index is 11.8. The fourth-order valence-electron chi connectivity index (χ4n) is 0.587. The van der Waals surface area contributed by atoms with Crippen molar-refractivity contribution in [3.63, 3.8) is 0 Å². The zero-order chi connectivity index (χ0) is 7.78. The minimum atomic E-state index is -4.36. The number of halogens is 3. The molecule has 0 saturated heterocycles. The van der Waals surface area contributed by atoms with Gasteiger partial charge in [-0.1, -0.05) is 0 Å². The van der Waals surface area contributed by atoms with Crippen LogP contribution in [-0.4, -0.2) is 10.2 Å². The van der Waals surface area contributed by atoms with E-state index < -0.39 is 11.9 Å². The van der Waals surface area contributed by atoms with Crippen molar-refractivity contribution < 1.29 is 13.2 Å². The number of aryl methyl sites for hydroxylation is 1. The molecule has 0 aromatic carbocycles. The number of rotatable bonds is 0. The number of nitrogens with zero attached hydrogens (tertiary/aromatic N) is 1. The Morgan fingerprint density at radius 2 is 2.10 bits per heavy atom. The van der Waals surface area contributed by atoms with Crippen LogP contribution in [0.3, 0.4) is 0 Å². The average molecular weight is 149 g/mol. The van der Waals surface area contributed by atoms with Crippen molar-refractivity contribution in [3.8, 4) is 0 Å². The maximum Gasteiger partial charge on any atom is 0.435 e. The summed E-state index contributed by atoms with van der Waals surface area (Å²) >= 11 is 0. The topological polar surface area (TPSA) is 28.7 Å². The Hall–Kier alpha value is -1.00. The van der Waals surface area contributed by atoms with Crippen molar-refractivity contribution in [2.75, 3.05) is 0 Å². The predicted molar refractivity (Wildman–Crippen MR) is 27.2 cm³/mol. The van der Waals surface area contributed by atoms with Gasteiger partial charge in [0.1, 0.15) is 0 Å². The van der Waals surface area contributed by atoms with Crippen LogP contribution in [0.4, 0.5) is 13.2 Å². The highest BCUT2D eigenvalue weighted by Gasteiger charge is 2.35. The summed E-state index contributed by atoms with van der Waals surface area (Å²) in [6.45, 7) is 1.30. The molecule has 0 aliphatic rings. The van der Waals surface area contributed by atoms with Gasteiger partial charge >= 0.3 is 6.18 Å². The molecule has 2 nitrogen and oxygen atoms in total. The summed E-state index contributed by atoms with van der Waals surface area (Å²) in [7, 11) is 0. The van der Waals surface area contributed by atoms with Gasteiger partial charge in [0.15, 0.2) is 5.69 Å². The van der Waals surface area contributed by atoms with Gasteiger partial charge in [-0.05, 0) is 6.92 Å². The summed E-state index contributed by atoms with van der Waals surface area (Å²) in [4.78, 5) is 0. The SMILES string of the molecule is Cc1[c][nH]nc1C(F)(F)F. The molecule has 55 valence electrons. The van der Waals surface area contributed by atoms with Gasteiger partial charge in [-0.25, -0.2) is 0 Å². The maximum atomic E-state index is 11.8. The summed E-state index contributed by atoms with van der Waals surface area (Å²) in [5.41, 5.74) is -0.903. The zero-order valence-corrected chi connectivity index (χ0v) is 5.08. The van der Waals surface area contributed by atoms with Gasteiger partial charge in [-0.3, -0.25) is 5.10 Å². The van der Waals surface area contributed by atoms with Crippen LogP contribution in [0.1, 0.15) is 11.3 Å². The zero-order valence-electron chi connectivity index (χ0n) is 5.08. The number of aromatic nitrogens is 2. The summed E-state index contributed by atoms with van der Waals surface area (Å²) < 4.78 is 35.3. The van der Waals surface area contributed by atoms with Gasteiger partial charge in [0.25, 0.3) is 0 Å². The Bertz CT molecular complexity index is 225. The second kappa shape index (κ2) is 2.00. The van der Waals surface area contributed by atoms with Crippen LogP contribution < -0.4 is 0 Å². The van der Waals surface area contributed by atoms with Gasteiger partial charge in [0, 0.05) is 5.56 Å². The molecule has 1 aromatic heterocycles. The monoisotopic (exact) mass is 149 g/mol. The van der Waals surface area contributed by atoms with Gasteiger partial charge in [-0.2, -0.15) is 18.3 Å². The van der Waals surface area contributed by atoms with E-state index in [0.717, 1.165) is 0 Å². The second-order valence-electron chi connectivity index (χ2n) is 1.82. The molecule has 10 heavy (non-hydrogen) atoms. The number of hydrogen-bond acceptors (Lipinski definition) is 1. The molecule has 5 heteroatoms. The van der Waals surface area contributed by atoms with Crippen LogP contribution in [0.15, 0.2) is 0 Å². The molecule has 1 aromatic rings. The lowest BCUT2D eigenvalue weighted by Gasteiger charge is -2.00. The highest BCUT2D eigenvalue weighted by Crippen LogP contribution is 2.28. The molecule has 0 aliphatic carbocycles. The number of alkyl halides is 3. The molecule has 0 unspecified atom stereocenters. The molecule has 0 fully saturated rings. The fourth-order valence-corrected chi connectivity index (χ4v) is 0.587. The van der Waals surface area contributed by atoms with E-state index in [4.69, 9.17) is 0 Å². The van der Waals surface area contributed by atoms with Crippen LogP contribution in [-0.2, 0) is 6.18 Å². The lowest BCUT2D eigenvalue weighted by molar-refractivity contribution is -0.141. The number of nitrogens with one attached hydrogen (secondary N) is 1. The predicted octanol–water partition coefficient (Wildman–Crippen LogP) is 1.54. The molecule has 1 heterocycles. The number of aromatic amines is 1. The first-order valence-electron chi connectivity index (χ1n) is 2.51. The van der Waals surface area contributed by atoms with E-state index in [1.54, 1.807) is 0 Å². The Balaban J connectivity index is 3.05. The van der Waals surface area contributed by atoms with Crippen LogP contribution in [0.25, 0.3) is 0 Å². The number of H-pyrrole nitrogens is 1. The van der Waals surface area contributed by atoms with Crippen molar-refractivity contribution in [2.24, 2.45) is 0 Å². The van der Waals surface area contributed by atoms with Gasteiger partial charge in [0.2, 0.25) is 0 Å². The van der Waals surface area contributed by atoms with E-state index in [2.05, 4.69) is 11.3 Å². The molecule has 0 bridgehead atoms. The number of hydrogen-bond donors (Lipinski definition) is 1. The minimum Gasteiger partial charge on any atom is -0.275 e. The second-order valence-corrected chi connectivity index (χ2v) is 1.82. The Morgan fingerprint density at radius 3 is 2.30 bits per heavy atom. The Kier molecular flexibility index (Phi) is 1.42. The first-order valence-corrected chi connectivity index (χ1v) is 2.51. The van der Waals surface area contributed by atoms with E-state index in [-0.39, 0.29) is 5.56 Å². The molecular weight excluding hydrogens is 145 g/mol. The molecule has 1 N–H and O–H groups in total. The molecule has 0 atom stereocenters.